The molecule has 1 amide bonds. The Morgan fingerprint density at radius 2 is 1.83 bits per heavy atom. The van der Waals surface area contributed by atoms with E-state index in [0.717, 1.165) is 28.1 Å². The van der Waals surface area contributed by atoms with E-state index in [0.29, 0.717) is 22.1 Å². The minimum Gasteiger partial charge on any atom is -0.460 e. The van der Waals surface area contributed by atoms with Crippen molar-refractivity contribution in [2.75, 3.05) is 5.32 Å². The monoisotopic (exact) mass is 412 g/mol. The van der Waals surface area contributed by atoms with Gasteiger partial charge in [0.15, 0.2) is 10.9 Å². The third kappa shape index (κ3) is 3.46. The Morgan fingerprint density at radius 3 is 2.63 bits per heavy atom. The number of benzene rings is 1. The van der Waals surface area contributed by atoms with Gasteiger partial charge < -0.3 is 4.42 Å². The molecule has 0 atom stereocenters. The molecular formula is C23H16N4O2S. The number of carbonyl (C=O) groups is 1. The number of fused-ring (bicyclic) bond motifs is 1. The zero-order valence-corrected chi connectivity index (χ0v) is 16.8. The van der Waals surface area contributed by atoms with Crippen molar-refractivity contribution in [2.45, 2.75) is 6.92 Å². The van der Waals surface area contributed by atoms with Gasteiger partial charge in [-0.1, -0.05) is 24.3 Å². The summed E-state index contributed by atoms with van der Waals surface area (Å²) in [5.41, 5.74) is 3.34. The highest BCUT2D eigenvalue weighted by Gasteiger charge is 2.17. The number of nitrogens with zero attached hydrogens (tertiary/aromatic N) is 3. The van der Waals surface area contributed by atoms with E-state index in [1.807, 2.05) is 66.9 Å². The van der Waals surface area contributed by atoms with Crippen molar-refractivity contribution in [1.82, 2.24) is 15.0 Å². The average molecular weight is 412 g/mol. The van der Waals surface area contributed by atoms with E-state index < -0.39 is 0 Å². The molecule has 0 saturated heterocycles. The van der Waals surface area contributed by atoms with E-state index in [1.165, 1.54) is 11.3 Å². The fourth-order valence-electron chi connectivity index (χ4n) is 3.19. The second-order valence-electron chi connectivity index (χ2n) is 6.69. The molecule has 0 spiro atoms. The number of para-hydroxylation sites is 1. The van der Waals surface area contributed by atoms with Crippen molar-refractivity contribution in [3.63, 3.8) is 0 Å². The van der Waals surface area contributed by atoms with Gasteiger partial charge in [-0.2, -0.15) is 0 Å². The molecule has 7 heteroatoms. The highest BCUT2D eigenvalue weighted by molar-refractivity contribution is 7.14. The second kappa shape index (κ2) is 7.53. The predicted octanol–water partition coefficient (Wildman–Crippen LogP) is 5.57. The molecule has 146 valence electrons. The van der Waals surface area contributed by atoms with E-state index in [-0.39, 0.29) is 5.91 Å². The molecule has 0 saturated carbocycles. The zero-order chi connectivity index (χ0) is 20.5. The van der Waals surface area contributed by atoms with Crippen molar-refractivity contribution in [3.8, 4) is 22.8 Å². The summed E-state index contributed by atoms with van der Waals surface area (Å²) in [5, 5.41) is 6.06. The van der Waals surface area contributed by atoms with Crippen LogP contribution < -0.4 is 5.32 Å². The molecule has 5 aromatic rings. The molecular weight excluding hydrogens is 396 g/mol. The molecule has 4 aromatic heterocycles. The number of furan rings is 1. The number of amides is 1. The van der Waals surface area contributed by atoms with Crippen LogP contribution in [0.3, 0.4) is 0 Å². The van der Waals surface area contributed by atoms with Crippen LogP contribution in [0.25, 0.3) is 33.7 Å². The molecule has 0 aliphatic carbocycles. The molecule has 0 radical (unpaired) electrons. The van der Waals surface area contributed by atoms with Crippen LogP contribution >= 0.6 is 11.3 Å². The SMILES string of the molecule is Cc1ccc(-c2cc(C(=O)Nc3nc(-c4ccccn4)cs3)c3ccccc3n2)o1. The molecule has 4 heterocycles. The fraction of sp³-hybridized carbons (Fsp3) is 0.0435. The van der Waals surface area contributed by atoms with Gasteiger partial charge in [-0.05, 0) is 43.3 Å². The molecule has 0 aliphatic heterocycles. The van der Waals surface area contributed by atoms with Gasteiger partial charge in [0.1, 0.15) is 17.1 Å². The Kier molecular flexibility index (Phi) is 4.57. The number of rotatable bonds is 4. The number of thiazole rings is 1. The number of nitrogens with one attached hydrogen (secondary N) is 1. The highest BCUT2D eigenvalue weighted by Crippen LogP contribution is 2.28. The van der Waals surface area contributed by atoms with Crippen LogP contribution in [0.2, 0.25) is 0 Å². The Balaban J connectivity index is 1.51. The van der Waals surface area contributed by atoms with Crippen LogP contribution in [-0.2, 0) is 0 Å². The number of anilines is 1. The van der Waals surface area contributed by atoms with Crippen molar-refractivity contribution in [2.24, 2.45) is 0 Å². The number of carbonyl (C=O) groups excluding carboxylic acids is 1. The quantitative estimate of drug-likeness (QED) is 0.417. The first kappa shape index (κ1) is 18.2. The summed E-state index contributed by atoms with van der Waals surface area (Å²) in [6, 6.07) is 18.7. The molecule has 1 N–H and O–H groups in total. The first-order valence-corrected chi connectivity index (χ1v) is 10.2. The Labute approximate surface area is 176 Å². The number of hydrogen-bond donors (Lipinski definition) is 1. The smallest absolute Gasteiger partial charge is 0.258 e. The van der Waals surface area contributed by atoms with Crippen molar-refractivity contribution in [1.29, 1.82) is 0 Å². The average Bonchev–Trinajstić information content (AvgIpc) is 3.42. The summed E-state index contributed by atoms with van der Waals surface area (Å²) in [5.74, 6) is 1.16. The highest BCUT2D eigenvalue weighted by atomic mass is 32.1. The van der Waals surface area contributed by atoms with E-state index in [4.69, 9.17) is 4.42 Å². The summed E-state index contributed by atoms with van der Waals surface area (Å²) in [7, 11) is 0. The van der Waals surface area contributed by atoms with Crippen molar-refractivity contribution >= 4 is 33.3 Å². The van der Waals surface area contributed by atoms with Gasteiger partial charge in [-0.3, -0.25) is 15.1 Å². The number of aryl methyl sites for hydroxylation is 1. The largest absolute Gasteiger partial charge is 0.460 e. The van der Waals surface area contributed by atoms with Gasteiger partial charge in [0.2, 0.25) is 0 Å². The Morgan fingerprint density at radius 1 is 0.967 bits per heavy atom. The molecule has 0 aliphatic rings. The Bertz CT molecular complexity index is 1360. The zero-order valence-electron chi connectivity index (χ0n) is 16.0. The lowest BCUT2D eigenvalue weighted by atomic mass is 10.1. The van der Waals surface area contributed by atoms with Crippen LogP contribution in [0, 0.1) is 6.92 Å². The maximum atomic E-state index is 13.1. The lowest BCUT2D eigenvalue weighted by Crippen LogP contribution is -2.13. The third-order valence-corrected chi connectivity index (χ3v) is 5.36. The molecule has 0 unspecified atom stereocenters. The van der Waals surface area contributed by atoms with Gasteiger partial charge in [0.05, 0.1) is 16.8 Å². The number of pyridine rings is 2. The van der Waals surface area contributed by atoms with Crippen molar-refractivity contribution < 1.29 is 9.21 Å². The standard InChI is InChI=1S/C23H16N4O2S/c1-14-9-10-21(29-14)19-12-16(15-6-2-3-7-17(15)25-19)22(28)27-23-26-20(13-30-23)18-8-4-5-11-24-18/h2-13H,1H3,(H,26,27,28). The summed E-state index contributed by atoms with van der Waals surface area (Å²) in [4.78, 5) is 26.6. The van der Waals surface area contributed by atoms with Crippen LogP contribution in [0.1, 0.15) is 16.1 Å². The Hall–Kier alpha value is -3.84. The molecule has 0 fully saturated rings. The number of hydrogen-bond acceptors (Lipinski definition) is 6. The molecule has 0 bridgehead atoms. The summed E-state index contributed by atoms with van der Waals surface area (Å²) in [6.07, 6.45) is 1.72. The fourth-order valence-corrected chi connectivity index (χ4v) is 3.89. The molecule has 1 aromatic carbocycles. The van der Waals surface area contributed by atoms with E-state index in [1.54, 1.807) is 12.3 Å². The van der Waals surface area contributed by atoms with Crippen LogP contribution in [0.5, 0.6) is 0 Å². The molecule has 6 nitrogen and oxygen atoms in total. The maximum Gasteiger partial charge on any atom is 0.258 e. The number of aromatic nitrogens is 3. The first-order valence-electron chi connectivity index (χ1n) is 9.32. The van der Waals surface area contributed by atoms with Gasteiger partial charge in [-0.15, -0.1) is 11.3 Å². The minimum atomic E-state index is -0.250. The van der Waals surface area contributed by atoms with E-state index in [9.17, 15) is 4.79 Å². The summed E-state index contributed by atoms with van der Waals surface area (Å²) in [6.45, 7) is 1.87. The molecule has 5 rings (SSSR count). The van der Waals surface area contributed by atoms with Crippen molar-refractivity contribution in [3.05, 3.63) is 83.6 Å². The lowest BCUT2D eigenvalue weighted by Gasteiger charge is -2.08. The van der Waals surface area contributed by atoms with Crippen LogP contribution in [-0.4, -0.2) is 20.9 Å². The van der Waals surface area contributed by atoms with E-state index in [2.05, 4.69) is 20.3 Å². The van der Waals surface area contributed by atoms with Gasteiger partial charge in [0, 0.05) is 17.0 Å². The second-order valence-corrected chi connectivity index (χ2v) is 7.55. The minimum absolute atomic E-state index is 0.250. The predicted molar refractivity (Wildman–Crippen MR) is 117 cm³/mol. The first-order chi connectivity index (χ1) is 14.7. The summed E-state index contributed by atoms with van der Waals surface area (Å²) >= 11 is 1.36. The third-order valence-electron chi connectivity index (χ3n) is 4.61. The van der Waals surface area contributed by atoms with E-state index >= 15 is 0 Å². The van der Waals surface area contributed by atoms with Crippen LogP contribution in [0.4, 0.5) is 5.13 Å². The topological polar surface area (TPSA) is 80.9 Å². The normalized spacial score (nSPS) is 11.0. The van der Waals surface area contributed by atoms with Gasteiger partial charge in [0.25, 0.3) is 5.91 Å². The van der Waals surface area contributed by atoms with Gasteiger partial charge >= 0.3 is 0 Å². The maximum absolute atomic E-state index is 13.1. The lowest BCUT2D eigenvalue weighted by molar-refractivity contribution is 0.102. The van der Waals surface area contributed by atoms with Crippen LogP contribution in [0.15, 0.2) is 76.7 Å². The van der Waals surface area contributed by atoms with Gasteiger partial charge in [-0.25, -0.2) is 9.97 Å². The molecule has 30 heavy (non-hydrogen) atoms. The summed E-state index contributed by atoms with van der Waals surface area (Å²) < 4.78 is 5.71.